The van der Waals surface area contributed by atoms with Gasteiger partial charge in [-0.2, -0.15) is 0 Å². The summed E-state index contributed by atoms with van der Waals surface area (Å²) in [5, 5.41) is 8.70. The fourth-order valence-electron chi connectivity index (χ4n) is 0.101. The number of amides is 1. The van der Waals surface area contributed by atoms with Gasteiger partial charge < -0.3 is 15.6 Å². The van der Waals surface area contributed by atoms with Crippen LogP contribution in [0.5, 0.6) is 0 Å². The van der Waals surface area contributed by atoms with Crippen molar-refractivity contribution >= 4 is 5.91 Å². The number of carbonyl (C=O) groups is 1. The highest BCUT2D eigenvalue weighted by Crippen LogP contribution is 1.99. The summed E-state index contributed by atoms with van der Waals surface area (Å²) in [4.78, 5) is 10.1. The first-order valence-corrected chi connectivity index (χ1v) is 2.08. The maximum atomic E-state index is 10.1. The number of primary amides is 1. The number of rotatable bonds is 2. The number of carbonyl (C=O) groups excluding carboxylic acids is 1. The number of methoxy groups -OCH3 is 1. The summed E-state index contributed by atoms with van der Waals surface area (Å²) in [6.45, 7) is 1.18. The zero-order chi connectivity index (χ0) is 6.78. The van der Waals surface area contributed by atoms with Crippen LogP contribution in [0.4, 0.5) is 0 Å². The predicted octanol–water partition coefficient (Wildman–Crippen LogP) is -1.17. The molecule has 0 bridgehead atoms. The van der Waals surface area contributed by atoms with Gasteiger partial charge in [-0.3, -0.25) is 4.79 Å². The zero-order valence-corrected chi connectivity index (χ0v) is 4.84. The summed E-state index contributed by atoms with van der Waals surface area (Å²) in [6, 6.07) is 0. The molecule has 0 aromatic rings. The van der Waals surface area contributed by atoms with Gasteiger partial charge in [-0.25, -0.2) is 0 Å². The molecule has 0 aromatic carbocycles. The van der Waals surface area contributed by atoms with Crippen molar-refractivity contribution in [3.05, 3.63) is 0 Å². The molecule has 1 unspecified atom stereocenters. The van der Waals surface area contributed by atoms with Gasteiger partial charge in [0.2, 0.25) is 5.79 Å². The maximum Gasteiger partial charge on any atom is 0.277 e. The second kappa shape index (κ2) is 2.11. The second-order valence-electron chi connectivity index (χ2n) is 1.55. The highest BCUT2D eigenvalue weighted by Gasteiger charge is 2.26. The van der Waals surface area contributed by atoms with Gasteiger partial charge in [0.25, 0.3) is 5.91 Å². The van der Waals surface area contributed by atoms with Gasteiger partial charge >= 0.3 is 0 Å². The second-order valence-corrected chi connectivity index (χ2v) is 1.55. The third-order valence-corrected chi connectivity index (χ3v) is 0.855. The van der Waals surface area contributed by atoms with E-state index in [-0.39, 0.29) is 0 Å². The Hall–Kier alpha value is -0.610. The van der Waals surface area contributed by atoms with Crippen molar-refractivity contribution in [2.75, 3.05) is 7.11 Å². The Morgan fingerprint density at radius 3 is 2.25 bits per heavy atom. The molecule has 0 aliphatic rings. The molecule has 0 aliphatic heterocycles. The first kappa shape index (κ1) is 7.39. The van der Waals surface area contributed by atoms with Crippen LogP contribution in [0.2, 0.25) is 0 Å². The minimum absolute atomic E-state index is 0.889. The smallest absolute Gasteiger partial charge is 0.277 e. The van der Waals surface area contributed by atoms with E-state index >= 15 is 0 Å². The minimum atomic E-state index is -1.82. The van der Waals surface area contributed by atoms with Crippen molar-refractivity contribution < 1.29 is 14.6 Å². The van der Waals surface area contributed by atoms with Gasteiger partial charge in [0.15, 0.2) is 0 Å². The van der Waals surface area contributed by atoms with Crippen molar-refractivity contribution in [3.8, 4) is 0 Å². The van der Waals surface area contributed by atoms with Crippen LogP contribution in [0.25, 0.3) is 0 Å². The Morgan fingerprint density at radius 2 is 2.25 bits per heavy atom. The van der Waals surface area contributed by atoms with Crippen LogP contribution >= 0.6 is 0 Å². The third kappa shape index (κ3) is 1.48. The molecule has 0 aromatic heterocycles. The fourth-order valence-corrected chi connectivity index (χ4v) is 0.101. The van der Waals surface area contributed by atoms with E-state index in [1.807, 2.05) is 0 Å². The van der Waals surface area contributed by atoms with Crippen LogP contribution in [0.3, 0.4) is 0 Å². The van der Waals surface area contributed by atoms with E-state index in [9.17, 15) is 4.79 Å². The Balaban J connectivity index is 3.91. The Bertz CT molecular complexity index is 99.5. The predicted molar refractivity (Wildman–Crippen MR) is 26.8 cm³/mol. The van der Waals surface area contributed by atoms with Gasteiger partial charge in [-0.1, -0.05) is 0 Å². The van der Waals surface area contributed by atoms with E-state index < -0.39 is 11.7 Å². The van der Waals surface area contributed by atoms with Gasteiger partial charge in [0.1, 0.15) is 0 Å². The SMILES string of the molecule is COC(C)(O)C(N)=O. The lowest BCUT2D eigenvalue weighted by Crippen LogP contribution is -2.42. The van der Waals surface area contributed by atoms with E-state index in [1.54, 1.807) is 0 Å². The fraction of sp³-hybridized carbons (Fsp3) is 0.750. The number of nitrogens with two attached hydrogens (primary N) is 1. The molecule has 0 heterocycles. The third-order valence-electron chi connectivity index (χ3n) is 0.855. The van der Waals surface area contributed by atoms with E-state index in [1.165, 1.54) is 14.0 Å². The highest BCUT2D eigenvalue weighted by molar-refractivity contribution is 5.80. The topological polar surface area (TPSA) is 72.6 Å². The molecule has 0 spiro atoms. The molecule has 0 saturated heterocycles. The van der Waals surface area contributed by atoms with Crippen molar-refractivity contribution in [3.63, 3.8) is 0 Å². The quantitative estimate of drug-likeness (QED) is 0.450. The van der Waals surface area contributed by atoms with Crippen LogP contribution in [-0.4, -0.2) is 23.9 Å². The Kier molecular flexibility index (Phi) is 1.94. The molecule has 1 atom stereocenters. The number of aliphatic hydroxyl groups is 1. The van der Waals surface area contributed by atoms with Crippen LogP contribution in [0.15, 0.2) is 0 Å². The maximum absolute atomic E-state index is 10.1. The molecule has 48 valence electrons. The summed E-state index contributed by atoms with van der Waals surface area (Å²) in [5.74, 6) is -2.71. The molecule has 3 N–H and O–H groups in total. The monoisotopic (exact) mass is 119 g/mol. The average Bonchev–Trinajstić information content (AvgIpc) is 1.67. The lowest BCUT2D eigenvalue weighted by Gasteiger charge is -2.15. The Labute approximate surface area is 47.2 Å². The molecule has 0 saturated carbocycles. The number of hydrogen-bond donors (Lipinski definition) is 2. The normalized spacial score (nSPS) is 17.4. The van der Waals surface area contributed by atoms with E-state index in [0.717, 1.165) is 0 Å². The van der Waals surface area contributed by atoms with Crippen molar-refractivity contribution in [1.29, 1.82) is 0 Å². The average molecular weight is 119 g/mol. The molecule has 0 aliphatic carbocycles. The summed E-state index contributed by atoms with van der Waals surface area (Å²) in [6.07, 6.45) is 0. The number of hydrogen-bond acceptors (Lipinski definition) is 3. The summed E-state index contributed by atoms with van der Waals surface area (Å²) in [7, 11) is 1.20. The van der Waals surface area contributed by atoms with Gasteiger partial charge in [-0.15, -0.1) is 0 Å². The van der Waals surface area contributed by atoms with Crippen molar-refractivity contribution in [2.24, 2.45) is 5.73 Å². The Morgan fingerprint density at radius 1 is 1.88 bits per heavy atom. The van der Waals surface area contributed by atoms with Crippen LogP contribution in [0, 0.1) is 0 Å². The molecule has 0 rings (SSSR count). The van der Waals surface area contributed by atoms with Crippen LogP contribution < -0.4 is 5.73 Å². The molecule has 4 heteroatoms. The minimum Gasteiger partial charge on any atom is -0.365 e. The summed E-state index contributed by atoms with van der Waals surface area (Å²) >= 11 is 0. The van der Waals surface area contributed by atoms with Gasteiger partial charge in [-0.05, 0) is 6.92 Å². The first-order valence-electron chi connectivity index (χ1n) is 2.08. The molecule has 0 radical (unpaired) electrons. The molecular formula is C4H9NO3. The lowest BCUT2D eigenvalue weighted by atomic mass is 10.3. The molecule has 8 heavy (non-hydrogen) atoms. The molecular weight excluding hydrogens is 110 g/mol. The van der Waals surface area contributed by atoms with E-state index in [4.69, 9.17) is 5.11 Å². The zero-order valence-electron chi connectivity index (χ0n) is 4.84. The van der Waals surface area contributed by atoms with E-state index in [0.29, 0.717) is 0 Å². The lowest BCUT2D eigenvalue weighted by molar-refractivity contribution is -0.185. The summed E-state index contributed by atoms with van der Waals surface area (Å²) < 4.78 is 4.28. The standard InChI is InChI=1S/C4H9NO3/c1-4(7,8-2)3(5)6/h7H,1-2H3,(H2,5,6). The van der Waals surface area contributed by atoms with Crippen LogP contribution in [-0.2, 0) is 9.53 Å². The molecule has 0 fully saturated rings. The van der Waals surface area contributed by atoms with Gasteiger partial charge in [0.05, 0.1) is 0 Å². The first-order chi connectivity index (χ1) is 3.50. The van der Waals surface area contributed by atoms with E-state index in [2.05, 4.69) is 10.5 Å². The van der Waals surface area contributed by atoms with Crippen molar-refractivity contribution in [2.45, 2.75) is 12.7 Å². The largest absolute Gasteiger partial charge is 0.365 e. The summed E-state index contributed by atoms with van der Waals surface area (Å²) in [5.41, 5.74) is 4.67. The molecule has 4 nitrogen and oxygen atoms in total. The van der Waals surface area contributed by atoms with Crippen LogP contribution in [0.1, 0.15) is 6.92 Å². The van der Waals surface area contributed by atoms with Gasteiger partial charge in [0, 0.05) is 7.11 Å². The van der Waals surface area contributed by atoms with Crippen molar-refractivity contribution in [1.82, 2.24) is 0 Å². The highest BCUT2D eigenvalue weighted by atomic mass is 16.6. The number of ether oxygens (including phenoxy) is 1. The molecule has 1 amide bonds.